The zero-order valence-electron chi connectivity index (χ0n) is 48.3. The van der Waals surface area contributed by atoms with Gasteiger partial charge in [0.05, 0.1) is 34.8 Å². The lowest BCUT2D eigenvalue weighted by molar-refractivity contribution is -0.271. The normalized spacial score (nSPS) is 41.6. The number of benzene rings is 1. The van der Waals surface area contributed by atoms with Crippen LogP contribution in [0.3, 0.4) is 0 Å². The number of epoxide rings is 1. The zero-order valence-corrected chi connectivity index (χ0v) is 48.3. The van der Waals surface area contributed by atoms with E-state index in [1.807, 2.05) is 0 Å². The lowest BCUT2D eigenvalue weighted by Crippen LogP contribution is -2.74. The summed E-state index contributed by atoms with van der Waals surface area (Å²) in [6.45, 7) is 18.7. The topological polar surface area (TPSA) is 133 Å². The number of Topliss-reactive ketones (excluding diaryl/α,β-unsaturated/α-hetero) is 2. The van der Waals surface area contributed by atoms with Crippen LogP contribution < -0.4 is 0 Å². The maximum absolute atomic E-state index is 16.3. The average molecular weight is 1060 g/mol. The molecule has 2 bridgehead atoms. The maximum atomic E-state index is 16.3. The van der Waals surface area contributed by atoms with Gasteiger partial charge in [-0.25, -0.2) is 0 Å². The van der Waals surface area contributed by atoms with Crippen molar-refractivity contribution in [2.45, 2.75) is 237 Å². The van der Waals surface area contributed by atoms with Gasteiger partial charge in [0.15, 0.2) is 5.78 Å². The predicted octanol–water partition coefficient (Wildman–Crippen LogP) is 13.8. The minimum Gasteiger partial charge on any atom is -0.392 e. The van der Waals surface area contributed by atoms with Gasteiger partial charge in [-0.05, 0) is 206 Å². The number of nitrogens with zero attached hydrogens (tertiary/aromatic N) is 1. The minimum absolute atomic E-state index is 0.132. The number of H-pyrrole nitrogens is 2. The number of hydrogen-bond acceptors (Lipinski definition) is 6. The van der Waals surface area contributed by atoms with Gasteiger partial charge in [0, 0.05) is 79.2 Å². The van der Waals surface area contributed by atoms with Gasteiger partial charge in [-0.3, -0.25) is 9.59 Å². The number of hydrogen-bond donors (Lipinski definition) is 4. The molecule has 1 spiro atoms. The maximum Gasteiger partial charge on any atom is 0.160 e. The van der Waals surface area contributed by atoms with Crippen LogP contribution in [0.25, 0.3) is 11.0 Å². The van der Waals surface area contributed by atoms with Crippen LogP contribution in [0.1, 0.15) is 233 Å². The number of aromatic amines is 2. The van der Waals surface area contributed by atoms with E-state index in [1.54, 1.807) is 0 Å². The second kappa shape index (κ2) is 17.4. The molecule has 0 radical (unpaired) electrons. The molecule has 78 heavy (non-hydrogen) atoms. The van der Waals surface area contributed by atoms with Crippen LogP contribution in [-0.2, 0) is 38.4 Å². The summed E-state index contributed by atoms with van der Waals surface area (Å²) in [5, 5.41) is 27.0. The van der Waals surface area contributed by atoms with E-state index in [0.29, 0.717) is 55.3 Å². The average Bonchev–Trinajstić information content (AvgIpc) is 4.23. The summed E-state index contributed by atoms with van der Waals surface area (Å²) >= 11 is 0. The van der Waals surface area contributed by atoms with Gasteiger partial charge < -0.3 is 34.2 Å². The molecule has 9 nitrogen and oxygen atoms in total. The van der Waals surface area contributed by atoms with E-state index in [4.69, 9.17) is 9.47 Å². The van der Waals surface area contributed by atoms with Crippen LogP contribution in [-0.4, -0.2) is 73.4 Å². The predicted molar refractivity (Wildman–Crippen MR) is 304 cm³/mol. The van der Waals surface area contributed by atoms with E-state index in [-0.39, 0.29) is 46.4 Å². The van der Waals surface area contributed by atoms with Gasteiger partial charge >= 0.3 is 0 Å². The van der Waals surface area contributed by atoms with Gasteiger partial charge in [0.1, 0.15) is 11.9 Å². The molecule has 6 heterocycles. The Labute approximate surface area is 464 Å². The third kappa shape index (κ3) is 6.80. The van der Waals surface area contributed by atoms with Gasteiger partial charge in [0.2, 0.25) is 0 Å². The minimum atomic E-state index is -0.758. The van der Waals surface area contributed by atoms with Crippen LogP contribution in [0, 0.1) is 56.2 Å². The van der Waals surface area contributed by atoms with Crippen LogP contribution in [0.5, 0.6) is 0 Å². The monoisotopic (exact) mass is 1060 g/mol. The molecule has 15 rings (SSSR count). The Bertz CT molecular complexity index is 3100. The molecule has 3 aromatic heterocycles. The van der Waals surface area contributed by atoms with Crippen molar-refractivity contribution in [3.8, 4) is 0 Å². The lowest BCUT2D eigenvalue weighted by Gasteiger charge is -2.76. The number of fused-ring (bicyclic) bond motifs is 8. The summed E-state index contributed by atoms with van der Waals surface area (Å²) in [6.07, 6.45) is 26.3. The number of rotatable bonds is 8. The number of aliphatic hydroxyl groups excluding tert-OH is 2. The highest BCUT2D eigenvalue weighted by atomic mass is 16.6. The van der Waals surface area contributed by atoms with Crippen molar-refractivity contribution in [2.75, 3.05) is 13.2 Å². The number of allylic oxidation sites excluding steroid dienone is 1. The number of nitrogens with one attached hydrogen (secondary N) is 2. The SMILES string of the molecule is CC1(CC(O)C2OC2(C)C)CCc2c[nH]c3c(Cc4cc(C5CCCCC5)cc(C5CCOCC5)c4)cn(c23)CC2C3=C1C(=O)CC3(C)C1(C)CCC3C(C)(C4CCCC4)C(=O)C4c5cc[nH]c5C5CCC4(C5)C3(C)C1C2O. The number of carbonyl (C=O) groups is 2. The zero-order chi connectivity index (χ0) is 53.7. The second-order valence-electron chi connectivity index (χ2n) is 30.3. The van der Waals surface area contributed by atoms with E-state index in [2.05, 4.69) is 106 Å². The van der Waals surface area contributed by atoms with Crippen molar-refractivity contribution in [1.82, 2.24) is 14.5 Å². The molecule has 9 heteroatoms. The van der Waals surface area contributed by atoms with E-state index < -0.39 is 39.5 Å². The van der Waals surface area contributed by atoms with Gasteiger partial charge in [-0.2, -0.15) is 0 Å². The Morgan fingerprint density at radius 2 is 1.54 bits per heavy atom. The highest BCUT2D eigenvalue weighted by molar-refractivity contribution is 6.02. The molecule has 6 saturated carbocycles. The molecule has 8 aliphatic carbocycles. The fraction of sp³-hybridized carbons (Fsp3) is 0.710. The molecule has 14 atom stereocenters. The first-order valence-corrected chi connectivity index (χ1v) is 31.8. The highest BCUT2D eigenvalue weighted by Gasteiger charge is 2.81. The van der Waals surface area contributed by atoms with E-state index in [1.165, 1.54) is 101 Å². The summed E-state index contributed by atoms with van der Waals surface area (Å²) in [7, 11) is 0. The Balaban J connectivity index is 0.910. The third-order valence-corrected chi connectivity index (χ3v) is 26.5. The molecule has 4 N–H and O–H groups in total. The first-order valence-electron chi connectivity index (χ1n) is 31.8. The molecule has 3 aliphatic heterocycles. The van der Waals surface area contributed by atoms with Crippen molar-refractivity contribution in [3.63, 3.8) is 0 Å². The van der Waals surface area contributed by atoms with Crippen LogP contribution in [0.2, 0.25) is 0 Å². The van der Waals surface area contributed by atoms with Crippen molar-refractivity contribution < 1.29 is 29.3 Å². The summed E-state index contributed by atoms with van der Waals surface area (Å²) < 4.78 is 14.6. The standard InChI is InChI=1S/C69H91N3O6/c1-63(2)62(78-63)51(74)34-64(3)23-17-43-36-71-57-46(31-39-29-44(40-13-9-8-10-14-40)32-45(30-39)41-21-27-77-28-22-41)37-72(58(43)57)38-49-53-55(64)50(73)35-66(53,5)65(4)24-19-52-67(6,47-15-11-12-16-47)61(76)54-48-20-26-70-56(48)42-18-25-69(54,33-42)68(52,7)60(65)59(49)75/h20,26,29-30,32,36-37,40-42,47,49,51-52,54,59-60,62,70-71,74-75H,8-19,21-25,27-28,31,33-35,38H2,1-7H3. The van der Waals surface area contributed by atoms with Crippen LogP contribution in [0.4, 0.5) is 0 Å². The smallest absolute Gasteiger partial charge is 0.160 e. The van der Waals surface area contributed by atoms with Gasteiger partial charge in [-0.15, -0.1) is 0 Å². The van der Waals surface area contributed by atoms with Crippen molar-refractivity contribution in [1.29, 1.82) is 0 Å². The van der Waals surface area contributed by atoms with Gasteiger partial charge in [0.25, 0.3) is 0 Å². The fourth-order valence-corrected chi connectivity index (χ4v) is 22.8. The number of aliphatic hydroxyl groups is 2. The molecule has 14 unspecified atom stereocenters. The van der Waals surface area contributed by atoms with E-state index in [9.17, 15) is 10.2 Å². The molecular formula is C69H91N3O6. The van der Waals surface area contributed by atoms with Crippen molar-refractivity contribution in [3.05, 3.63) is 93.1 Å². The van der Waals surface area contributed by atoms with Crippen LogP contribution in [0.15, 0.2) is 54.0 Å². The Morgan fingerprint density at radius 1 is 0.821 bits per heavy atom. The third-order valence-electron chi connectivity index (χ3n) is 26.5. The molecule has 0 amide bonds. The largest absolute Gasteiger partial charge is 0.392 e. The van der Waals surface area contributed by atoms with E-state index in [0.717, 1.165) is 89.4 Å². The Kier molecular flexibility index (Phi) is 11.4. The molecule has 11 aliphatic rings. The summed E-state index contributed by atoms with van der Waals surface area (Å²) in [4.78, 5) is 39.8. The summed E-state index contributed by atoms with van der Waals surface area (Å²) in [5.41, 5.74) is 10.8. The van der Waals surface area contributed by atoms with Crippen molar-refractivity contribution in [2.24, 2.45) is 56.2 Å². The highest BCUT2D eigenvalue weighted by Crippen LogP contribution is 2.84. The molecule has 418 valence electrons. The second-order valence-corrected chi connectivity index (χ2v) is 30.3. The number of ketones is 2. The molecule has 1 aromatic carbocycles. The first kappa shape index (κ1) is 51.1. The number of aromatic nitrogens is 3. The fourth-order valence-electron chi connectivity index (χ4n) is 22.8. The summed E-state index contributed by atoms with van der Waals surface area (Å²) in [6, 6.07) is 9.92. The quantitative estimate of drug-likeness (QED) is 0.130. The van der Waals surface area contributed by atoms with Crippen LogP contribution >= 0.6 is 0 Å². The number of carbonyl (C=O) groups excluding carboxylic acids is 2. The van der Waals surface area contributed by atoms with Gasteiger partial charge in [-0.1, -0.05) is 84.9 Å². The molecule has 8 fully saturated rings. The lowest BCUT2D eigenvalue weighted by atomic mass is 9.27. The van der Waals surface area contributed by atoms with E-state index >= 15 is 9.59 Å². The number of aryl methyl sites for hydroxylation is 1. The Morgan fingerprint density at radius 3 is 2.27 bits per heavy atom. The molecular weight excluding hydrogens is 967 g/mol. The van der Waals surface area contributed by atoms with Crippen molar-refractivity contribution >= 4 is 22.6 Å². The number of ether oxygens (including phenoxy) is 2. The molecule has 4 aromatic rings. The Hall–Kier alpha value is -3.76. The summed E-state index contributed by atoms with van der Waals surface area (Å²) in [5.74, 6) is 1.99. The first-order chi connectivity index (χ1) is 37.3. The molecule has 2 saturated heterocycles.